The van der Waals surface area contributed by atoms with Crippen molar-refractivity contribution >= 4 is 59.4 Å². The van der Waals surface area contributed by atoms with Gasteiger partial charge in [-0.1, -0.05) is 127 Å². The van der Waals surface area contributed by atoms with Gasteiger partial charge < -0.3 is 0 Å². The van der Waals surface area contributed by atoms with Crippen LogP contribution in [0.15, 0.2) is 152 Å². The average molecular weight is 640 g/mol. The van der Waals surface area contributed by atoms with E-state index in [1.807, 2.05) is 6.07 Å². The molecule has 10 rings (SSSR count). The molecule has 7 aromatic carbocycles. The van der Waals surface area contributed by atoms with Gasteiger partial charge in [-0.05, 0) is 84.4 Å². The Morgan fingerprint density at radius 3 is 1.44 bits per heavy atom. The number of allylic oxidation sites excluding steroid dienone is 4. The quantitative estimate of drug-likeness (QED) is 0.142. The molecule has 234 valence electrons. The topological polar surface area (TPSA) is 64.5 Å². The van der Waals surface area contributed by atoms with E-state index >= 15 is 0 Å². The summed E-state index contributed by atoms with van der Waals surface area (Å²) in [6, 6.07) is 42.7. The molecule has 0 unspecified atom stereocenters. The summed E-state index contributed by atoms with van der Waals surface area (Å²) < 4.78 is 0. The highest BCUT2D eigenvalue weighted by Gasteiger charge is 2.22. The maximum Gasteiger partial charge on any atom is 0.165 e. The smallest absolute Gasteiger partial charge is 0.165 e. The van der Waals surface area contributed by atoms with E-state index in [1.54, 1.807) is 12.4 Å². The fourth-order valence-corrected chi connectivity index (χ4v) is 7.63. The number of fused-ring (bicyclic) bond motifs is 8. The molecular weight excluding hydrogens is 611 g/mol. The second-order valence-corrected chi connectivity index (χ2v) is 12.7. The number of hydrogen-bond acceptors (Lipinski definition) is 5. The van der Waals surface area contributed by atoms with Crippen LogP contribution in [0.3, 0.4) is 0 Å². The second kappa shape index (κ2) is 11.5. The monoisotopic (exact) mass is 639 g/mol. The van der Waals surface area contributed by atoms with Gasteiger partial charge in [0, 0.05) is 29.1 Å². The third-order valence-corrected chi connectivity index (χ3v) is 9.88. The zero-order valence-corrected chi connectivity index (χ0v) is 27.1. The van der Waals surface area contributed by atoms with Gasteiger partial charge in [0.2, 0.25) is 0 Å². The zero-order chi connectivity index (χ0) is 33.0. The molecule has 0 atom stereocenters. The molecule has 0 aliphatic heterocycles. The molecule has 9 aromatic rings. The molecule has 0 bridgehead atoms. The van der Waals surface area contributed by atoms with Crippen LogP contribution in [0.1, 0.15) is 18.7 Å². The predicted molar refractivity (Wildman–Crippen MR) is 206 cm³/mol. The van der Waals surface area contributed by atoms with E-state index in [0.29, 0.717) is 23.3 Å². The van der Waals surface area contributed by atoms with Crippen LogP contribution in [0.5, 0.6) is 0 Å². The minimum Gasteiger partial charge on any atom is -0.237 e. The van der Waals surface area contributed by atoms with Crippen molar-refractivity contribution in [2.45, 2.75) is 12.8 Å². The average Bonchev–Trinajstić information content (AvgIpc) is 3.20. The van der Waals surface area contributed by atoms with Gasteiger partial charge in [-0.25, -0.2) is 24.9 Å². The number of nitrogens with zero attached hydrogens (tertiary/aromatic N) is 5. The van der Waals surface area contributed by atoms with E-state index in [2.05, 4.69) is 143 Å². The molecule has 0 radical (unpaired) electrons. The molecule has 50 heavy (non-hydrogen) atoms. The summed E-state index contributed by atoms with van der Waals surface area (Å²) in [4.78, 5) is 25.1. The summed E-state index contributed by atoms with van der Waals surface area (Å²) in [5.41, 5.74) is 4.05. The Morgan fingerprint density at radius 1 is 0.400 bits per heavy atom. The Morgan fingerprint density at radius 2 is 0.880 bits per heavy atom. The fraction of sp³-hybridized carbons (Fsp3) is 0.0444. The summed E-state index contributed by atoms with van der Waals surface area (Å²) >= 11 is 0. The zero-order valence-electron chi connectivity index (χ0n) is 27.1. The van der Waals surface area contributed by atoms with Gasteiger partial charge in [0.15, 0.2) is 23.3 Å². The minimum atomic E-state index is 0.650. The van der Waals surface area contributed by atoms with Crippen molar-refractivity contribution in [1.82, 2.24) is 24.9 Å². The van der Waals surface area contributed by atoms with Gasteiger partial charge in [-0.2, -0.15) is 0 Å². The first-order valence-electron chi connectivity index (χ1n) is 17.0. The lowest BCUT2D eigenvalue weighted by Crippen LogP contribution is -2.05. The molecule has 2 heterocycles. The maximum atomic E-state index is 5.32. The molecule has 0 saturated heterocycles. The van der Waals surface area contributed by atoms with Crippen LogP contribution in [0.2, 0.25) is 0 Å². The highest BCUT2D eigenvalue weighted by Crippen LogP contribution is 2.43. The first kappa shape index (κ1) is 28.4. The van der Waals surface area contributed by atoms with Crippen molar-refractivity contribution in [3.8, 4) is 34.2 Å². The molecule has 5 heteroatoms. The SMILES string of the molecule is C1=CCCC(c2nc(-c3ccc4c5ccccc5c5ccccc5c4c3)nc(-c3c4ccccc4c(-c4ncccn4)c4ccccc34)n2)=C1. The number of hydrogen-bond donors (Lipinski definition) is 0. The Kier molecular flexibility index (Phi) is 6.56. The van der Waals surface area contributed by atoms with Crippen LogP contribution < -0.4 is 0 Å². The van der Waals surface area contributed by atoms with E-state index in [9.17, 15) is 0 Å². The number of aromatic nitrogens is 5. The molecule has 5 nitrogen and oxygen atoms in total. The van der Waals surface area contributed by atoms with Crippen molar-refractivity contribution < 1.29 is 0 Å². The Hall–Kier alpha value is -6.59. The van der Waals surface area contributed by atoms with E-state index in [0.717, 1.165) is 56.6 Å². The summed E-state index contributed by atoms with van der Waals surface area (Å²) in [5, 5.41) is 11.6. The molecule has 0 amide bonds. The van der Waals surface area contributed by atoms with Crippen molar-refractivity contribution in [2.24, 2.45) is 0 Å². The van der Waals surface area contributed by atoms with Gasteiger partial charge in [-0.3, -0.25) is 0 Å². The van der Waals surface area contributed by atoms with Gasteiger partial charge in [-0.15, -0.1) is 0 Å². The van der Waals surface area contributed by atoms with Crippen LogP contribution >= 0.6 is 0 Å². The van der Waals surface area contributed by atoms with Gasteiger partial charge in [0.05, 0.1) is 0 Å². The lowest BCUT2D eigenvalue weighted by molar-refractivity contribution is 0.979. The first-order chi connectivity index (χ1) is 24.8. The van der Waals surface area contributed by atoms with Gasteiger partial charge >= 0.3 is 0 Å². The second-order valence-electron chi connectivity index (χ2n) is 12.7. The molecule has 1 aliphatic carbocycles. The summed E-state index contributed by atoms with van der Waals surface area (Å²) in [5.74, 6) is 2.71. The maximum absolute atomic E-state index is 5.32. The van der Waals surface area contributed by atoms with E-state index < -0.39 is 0 Å². The third-order valence-electron chi connectivity index (χ3n) is 9.88. The highest BCUT2D eigenvalue weighted by atomic mass is 15.0. The largest absolute Gasteiger partial charge is 0.237 e. The Balaban J connectivity index is 1.28. The third kappa shape index (κ3) is 4.51. The van der Waals surface area contributed by atoms with Crippen LogP contribution in [0, 0.1) is 0 Å². The van der Waals surface area contributed by atoms with Crippen molar-refractivity contribution in [1.29, 1.82) is 0 Å². The molecule has 0 N–H and O–H groups in total. The van der Waals surface area contributed by atoms with Crippen molar-refractivity contribution in [3.63, 3.8) is 0 Å². The standard InChI is InChI=1S/C45H29N5/c1-2-13-28(14-3-1)42-48-43(29-23-24-34-32-17-5-4-15-30(32)31-16-6-7-18-33(31)39(34)27-29)50-45(49-42)41-37-21-10-8-19-35(37)40(44-46-25-12-26-47-44)36-20-9-11-22-38(36)41/h1-2,4-13,15-27H,3,14H2. The summed E-state index contributed by atoms with van der Waals surface area (Å²) in [6.07, 6.45) is 11.9. The molecule has 0 saturated carbocycles. The Bertz CT molecular complexity index is 2780. The minimum absolute atomic E-state index is 0.650. The molecule has 0 fully saturated rings. The normalized spacial score (nSPS) is 13.1. The van der Waals surface area contributed by atoms with Crippen molar-refractivity contribution in [2.75, 3.05) is 0 Å². The number of benzene rings is 7. The first-order valence-corrected chi connectivity index (χ1v) is 17.0. The number of rotatable bonds is 4. The lowest BCUT2D eigenvalue weighted by atomic mass is 9.90. The Labute approximate surface area is 288 Å². The van der Waals surface area contributed by atoms with E-state index in [1.165, 1.54) is 32.3 Å². The lowest BCUT2D eigenvalue weighted by Gasteiger charge is -2.17. The summed E-state index contributed by atoms with van der Waals surface area (Å²) in [7, 11) is 0. The van der Waals surface area contributed by atoms with Crippen molar-refractivity contribution in [3.05, 3.63) is 158 Å². The van der Waals surface area contributed by atoms with Crippen LogP contribution in [-0.2, 0) is 0 Å². The van der Waals surface area contributed by atoms with E-state index in [-0.39, 0.29) is 0 Å². The molecule has 1 aliphatic rings. The van der Waals surface area contributed by atoms with Crippen LogP contribution in [0.4, 0.5) is 0 Å². The summed E-state index contributed by atoms with van der Waals surface area (Å²) in [6.45, 7) is 0. The molecular formula is C45H29N5. The van der Waals surface area contributed by atoms with E-state index in [4.69, 9.17) is 15.0 Å². The molecule has 0 spiro atoms. The van der Waals surface area contributed by atoms with Crippen LogP contribution in [-0.4, -0.2) is 24.9 Å². The highest BCUT2D eigenvalue weighted by molar-refractivity contribution is 6.26. The predicted octanol–water partition coefficient (Wildman–Crippen LogP) is 11.2. The van der Waals surface area contributed by atoms with Gasteiger partial charge in [0.25, 0.3) is 0 Å². The van der Waals surface area contributed by atoms with Crippen LogP contribution in [0.25, 0.3) is 93.6 Å². The molecule has 2 aromatic heterocycles. The van der Waals surface area contributed by atoms with Gasteiger partial charge in [0.1, 0.15) is 0 Å². The fourth-order valence-electron chi connectivity index (χ4n) is 7.63.